The van der Waals surface area contributed by atoms with Gasteiger partial charge in [-0.15, -0.1) is 0 Å². The number of nitrogens with zero attached hydrogens (tertiary/aromatic N) is 6. The van der Waals surface area contributed by atoms with Crippen LogP contribution in [0.4, 0.5) is 0 Å². The molecule has 154 valence electrons. The number of ether oxygens (including phenoxy) is 1. The maximum Gasteiger partial charge on any atom is 0.330 e. The smallest absolute Gasteiger partial charge is 0.330 e. The van der Waals surface area contributed by atoms with Crippen LogP contribution in [-0.2, 0) is 11.3 Å². The van der Waals surface area contributed by atoms with Crippen LogP contribution in [0.3, 0.4) is 0 Å². The number of aliphatic hydroxyl groups excluding tert-OH is 2. The minimum absolute atomic E-state index is 0.123. The van der Waals surface area contributed by atoms with Gasteiger partial charge in [-0.2, -0.15) is 0 Å². The first-order chi connectivity index (χ1) is 13.5. The lowest BCUT2D eigenvalue weighted by Gasteiger charge is -2.34. The molecular formula is C16H25N7O5. The Hall–Kier alpha value is -2.21. The van der Waals surface area contributed by atoms with Gasteiger partial charge in [0.05, 0.1) is 25.4 Å². The van der Waals surface area contributed by atoms with Gasteiger partial charge in [0, 0.05) is 62.4 Å². The van der Waals surface area contributed by atoms with Gasteiger partial charge in [-0.05, 0) is 5.53 Å². The van der Waals surface area contributed by atoms with Gasteiger partial charge >= 0.3 is 5.69 Å². The summed E-state index contributed by atoms with van der Waals surface area (Å²) < 4.78 is 6.94. The van der Waals surface area contributed by atoms with E-state index in [4.69, 9.17) is 15.4 Å². The lowest BCUT2D eigenvalue weighted by atomic mass is 10.1. The lowest BCUT2D eigenvalue weighted by Crippen LogP contribution is -2.47. The molecule has 1 aromatic rings. The molecule has 0 radical (unpaired) electrons. The second-order valence-electron chi connectivity index (χ2n) is 6.98. The van der Waals surface area contributed by atoms with Crippen LogP contribution in [0, 0.1) is 0 Å². The molecule has 12 heteroatoms. The van der Waals surface area contributed by atoms with Crippen molar-refractivity contribution >= 4 is 0 Å². The molecule has 3 atom stereocenters. The first-order valence-corrected chi connectivity index (χ1v) is 9.26. The summed E-state index contributed by atoms with van der Waals surface area (Å²) in [5.74, 6) is 0. The Kier molecular flexibility index (Phi) is 6.83. The average molecular weight is 395 g/mol. The molecule has 0 bridgehead atoms. The number of β-amino-alcohol motifs (C(OH)–C–C–N with tert-alkyl or cyclic N) is 1. The number of hydrogen-bond acceptors (Lipinski definition) is 8. The molecule has 2 aliphatic rings. The third-order valence-electron chi connectivity index (χ3n) is 5.21. The van der Waals surface area contributed by atoms with Crippen LogP contribution in [0.15, 0.2) is 20.9 Å². The van der Waals surface area contributed by atoms with E-state index in [0.717, 1.165) is 26.2 Å². The highest BCUT2D eigenvalue weighted by Gasteiger charge is 2.36. The highest BCUT2D eigenvalue weighted by molar-refractivity contribution is 5.06. The Morgan fingerprint density at radius 1 is 1.25 bits per heavy atom. The SMILES string of the molecule is [N-]=[N+]=N[C@H]1C[C@H](n2cc(CN3CCN(CCO)CC3)c(=O)[nH]c2=O)O[C@@H]1CO. The zero-order valence-corrected chi connectivity index (χ0v) is 15.5. The molecule has 3 heterocycles. The quantitative estimate of drug-likeness (QED) is 0.291. The second kappa shape index (κ2) is 9.32. The van der Waals surface area contributed by atoms with Gasteiger partial charge in [0.1, 0.15) is 6.23 Å². The van der Waals surface area contributed by atoms with Crippen LogP contribution in [0.25, 0.3) is 10.4 Å². The van der Waals surface area contributed by atoms with Crippen molar-refractivity contribution in [1.82, 2.24) is 19.4 Å². The largest absolute Gasteiger partial charge is 0.395 e. The fourth-order valence-corrected chi connectivity index (χ4v) is 3.65. The second-order valence-corrected chi connectivity index (χ2v) is 6.98. The number of aromatic nitrogens is 2. The van der Waals surface area contributed by atoms with Gasteiger partial charge < -0.3 is 14.9 Å². The molecule has 0 unspecified atom stereocenters. The Morgan fingerprint density at radius 3 is 2.61 bits per heavy atom. The van der Waals surface area contributed by atoms with E-state index in [1.165, 1.54) is 10.8 Å². The van der Waals surface area contributed by atoms with Crippen LogP contribution in [0.1, 0.15) is 18.2 Å². The van der Waals surface area contributed by atoms with E-state index in [0.29, 0.717) is 18.7 Å². The summed E-state index contributed by atoms with van der Waals surface area (Å²) >= 11 is 0. The van der Waals surface area contributed by atoms with Crippen molar-refractivity contribution < 1.29 is 14.9 Å². The number of nitrogens with one attached hydrogen (secondary N) is 1. The predicted molar refractivity (Wildman–Crippen MR) is 98.7 cm³/mol. The molecule has 12 nitrogen and oxygen atoms in total. The van der Waals surface area contributed by atoms with E-state index < -0.39 is 29.6 Å². The van der Waals surface area contributed by atoms with Crippen LogP contribution in [-0.4, -0.2) is 87.6 Å². The van der Waals surface area contributed by atoms with Gasteiger partial charge in [0.25, 0.3) is 5.56 Å². The van der Waals surface area contributed by atoms with E-state index in [2.05, 4.69) is 24.8 Å². The number of hydrogen-bond donors (Lipinski definition) is 3. The standard InChI is InChI=1S/C16H25N7O5/c17-20-19-12-7-14(28-13(12)10-25)23-9-11(15(26)18-16(23)27)8-22-3-1-21(2-4-22)5-6-24/h9,12-14,24-25H,1-8,10H2,(H,18,26,27)/t12-,13+,14+/m0/s1. The molecule has 0 saturated carbocycles. The fourth-order valence-electron chi connectivity index (χ4n) is 3.65. The van der Waals surface area contributed by atoms with Crippen LogP contribution in [0.5, 0.6) is 0 Å². The molecule has 0 spiro atoms. The first kappa shape index (κ1) is 20.5. The van der Waals surface area contributed by atoms with Gasteiger partial charge in [0.2, 0.25) is 0 Å². The van der Waals surface area contributed by atoms with Crippen LogP contribution >= 0.6 is 0 Å². The lowest BCUT2D eigenvalue weighted by molar-refractivity contribution is -0.0272. The molecule has 1 aromatic heterocycles. The summed E-state index contributed by atoms with van der Waals surface area (Å²) in [7, 11) is 0. The highest BCUT2D eigenvalue weighted by atomic mass is 16.5. The minimum Gasteiger partial charge on any atom is -0.395 e. The van der Waals surface area contributed by atoms with E-state index in [9.17, 15) is 14.7 Å². The van der Waals surface area contributed by atoms with Crippen molar-refractivity contribution in [2.75, 3.05) is 45.9 Å². The number of azide groups is 1. The topological polar surface area (TPSA) is 160 Å². The molecule has 0 amide bonds. The molecule has 28 heavy (non-hydrogen) atoms. The summed E-state index contributed by atoms with van der Waals surface area (Å²) in [6.45, 7) is 3.93. The van der Waals surface area contributed by atoms with Crippen molar-refractivity contribution in [1.29, 1.82) is 0 Å². The molecule has 3 N–H and O–H groups in total. The molecule has 0 aliphatic carbocycles. The molecule has 2 fully saturated rings. The van der Waals surface area contributed by atoms with Crippen molar-refractivity contribution in [3.8, 4) is 0 Å². The first-order valence-electron chi connectivity index (χ1n) is 9.26. The zero-order chi connectivity index (χ0) is 20.1. The number of piperazine rings is 1. The molecule has 3 rings (SSSR count). The van der Waals surface area contributed by atoms with Crippen molar-refractivity contribution in [2.24, 2.45) is 5.11 Å². The Morgan fingerprint density at radius 2 is 1.96 bits per heavy atom. The van der Waals surface area contributed by atoms with Crippen molar-refractivity contribution in [3.05, 3.63) is 43.0 Å². The summed E-state index contributed by atoms with van der Waals surface area (Å²) in [4.78, 5) is 33.9. The highest BCUT2D eigenvalue weighted by Crippen LogP contribution is 2.29. The van der Waals surface area contributed by atoms with Crippen molar-refractivity contribution in [3.63, 3.8) is 0 Å². The third kappa shape index (κ3) is 4.61. The average Bonchev–Trinajstić information content (AvgIpc) is 3.08. The van der Waals surface area contributed by atoms with E-state index in [1.54, 1.807) is 0 Å². The van der Waals surface area contributed by atoms with E-state index in [1.807, 2.05) is 0 Å². The summed E-state index contributed by atoms with van der Waals surface area (Å²) in [6.07, 6.45) is 0.305. The number of aliphatic hydroxyl groups is 2. The number of aromatic amines is 1. The molecule has 2 saturated heterocycles. The van der Waals surface area contributed by atoms with Crippen molar-refractivity contribution in [2.45, 2.75) is 31.3 Å². The van der Waals surface area contributed by atoms with Gasteiger partial charge in [-0.25, -0.2) is 4.79 Å². The monoisotopic (exact) mass is 395 g/mol. The molecular weight excluding hydrogens is 370 g/mol. The zero-order valence-electron chi connectivity index (χ0n) is 15.5. The maximum atomic E-state index is 12.3. The summed E-state index contributed by atoms with van der Waals surface area (Å²) in [5.41, 5.74) is 8.04. The molecule has 0 aromatic carbocycles. The van der Waals surface area contributed by atoms with Crippen LogP contribution < -0.4 is 11.2 Å². The number of rotatable bonds is 7. The van der Waals surface area contributed by atoms with Crippen LogP contribution in [0.2, 0.25) is 0 Å². The summed E-state index contributed by atoms with van der Waals surface area (Å²) in [6, 6.07) is -0.582. The fraction of sp³-hybridized carbons (Fsp3) is 0.750. The maximum absolute atomic E-state index is 12.3. The predicted octanol–water partition coefficient (Wildman–Crippen LogP) is -1.39. The third-order valence-corrected chi connectivity index (χ3v) is 5.21. The van der Waals surface area contributed by atoms with E-state index >= 15 is 0 Å². The van der Waals surface area contributed by atoms with Gasteiger partial charge in [0.15, 0.2) is 0 Å². The number of H-pyrrole nitrogens is 1. The Labute approximate surface area is 160 Å². The van der Waals surface area contributed by atoms with E-state index in [-0.39, 0.29) is 19.6 Å². The molecule has 2 aliphatic heterocycles. The Bertz CT molecular complexity index is 825. The van der Waals surface area contributed by atoms with Gasteiger partial charge in [-0.3, -0.25) is 24.1 Å². The minimum atomic E-state index is -0.725. The summed E-state index contributed by atoms with van der Waals surface area (Å²) in [5, 5.41) is 22.0. The normalized spacial score (nSPS) is 26.3. The van der Waals surface area contributed by atoms with Gasteiger partial charge in [-0.1, -0.05) is 5.11 Å². The Balaban J connectivity index is 1.74.